The largest absolute Gasteiger partial charge is 0.369 e. The number of nitrogens with one attached hydrogen (secondary N) is 1. The van der Waals surface area contributed by atoms with Crippen LogP contribution in [0.3, 0.4) is 0 Å². The summed E-state index contributed by atoms with van der Waals surface area (Å²) in [5.74, 6) is -0.466. The molecule has 3 N–H and O–H groups in total. The minimum absolute atomic E-state index is 0.0414. The monoisotopic (exact) mass is 332 g/mol. The third kappa shape index (κ3) is 5.62. The summed E-state index contributed by atoms with van der Waals surface area (Å²) < 4.78 is 0. The SMILES string of the molecule is C[C@H](C(=O)NC1CCN(Cc2ccccc2)CC1)N(C)CC(N)=O. The van der Waals surface area contributed by atoms with Crippen molar-refractivity contribution in [3.05, 3.63) is 35.9 Å². The Morgan fingerprint density at radius 3 is 2.50 bits per heavy atom. The highest BCUT2D eigenvalue weighted by atomic mass is 16.2. The molecule has 0 radical (unpaired) electrons. The maximum absolute atomic E-state index is 12.3. The highest BCUT2D eigenvalue weighted by Gasteiger charge is 2.24. The van der Waals surface area contributed by atoms with Gasteiger partial charge in [0, 0.05) is 25.7 Å². The van der Waals surface area contributed by atoms with E-state index in [0.717, 1.165) is 32.5 Å². The standard InChI is InChI=1S/C18H28N4O2/c1-14(21(2)13-17(19)23)18(24)20-16-8-10-22(11-9-16)12-15-6-4-3-5-7-15/h3-7,14,16H,8-13H2,1-2H3,(H2,19,23)(H,20,24)/t14-/m1/s1. The van der Waals surface area contributed by atoms with E-state index in [0.29, 0.717) is 0 Å². The number of primary amides is 1. The summed E-state index contributed by atoms with van der Waals surface area (Å²) in [4.78, 5) is 27.3. The van der Waals surface area contributed by atoms with Gasteiger partial charge >= 0.3 is 0 Å². The summed E-state index contributed by atoms with van der Waals surface area (Å²) in [6, 6.07) is 10.3. The van der Waals surface area contributed by atoms with Crippen LogP contribution in [0.4, 0.5) is 0 Å². The first-order chi connectivity index (χ1) is 11.5. The van der Waals surface area contributed by atoms with E-state index in [1.165, 1.54) is 5.56 Å². The maximum atomic E-state index is 12.3. The van der Waals surface area contributed by atoms with E-state index in [2.05, 4.69) is 34.5 Å². The highest BCUT2D eigenvalue weighted by molar-refractivity contribution is 5.83. The van der Waals surface area contributed by atoms with Gasteiger partial charge in [0.1, 0.15) is 0 Å². The van der Waals surface area contributed by atoms with Crippen molar-refractivity contribution in [2.24, 2.45) is 5.73 Å². The molecule has 6 heteroatoms. The van der Waals surface area contributed by atoms with Gasteiger partial charge in [-0.05, 0) is 32.4 Å². The number of carbonyl (C=O) groups excluding carboxylic acids is 2. The molecule has 0 saturated carbocycles. The summed E-state index contributed by atoms with van der Waals surface area (Å²) in [7, 11) is 1.73. The van der Waals surface area contributed by atoms with Gasteiger partial charge in [-0.3, -0.25) is 19.4 Å². The van der Waals surface area contributed by atoms with Crippen LogP contribution in [0, 0.1) is 0 Å². The van der Waals surface area contributed by atoms with Crippen molar-refractivity contribution < 1.29 is 9.59 Å². The van der Waals surface area contributed by atoms with Gasteiger partial charge in [-0.15, -0.1) is 0 Å². The molecule has 1 aromatic carbocycles. The normalized spacial score (nSPS) is 17.6. The average Bonchev–Trinajstić information content (AvgIpc) is 2.56. The number of piperidine rings is 1. The first-order valence-corrected chi connectivity index (χ1v) is 8.51. The molecule has 24 heavy (non-hydrogen) atoms. The van der Waals surface area contributed by atoms with Crippen molar-refractivity contribution in [2.45, 2.75) is 38.4 Å². The lowest BCUT2D eigenvalue weighted by atomic mass is 10.0. The van der Waals surface area contributed by atoms with Crippen LogP contribution >= 0.6 is 0 Å². The molecule has 0 bridgehead atoms. The molecule has 1 saturated heterocycles. The second kappa shape index (κ2) is 8.80. The predicted molar refractivity (Wildman–Crippen MR) is 94.2 cm³/mol. The number of rotatable bonds is 7. The van der Waals surface area contributed by atoms with Crippen molar-refractivity contribution in [3.63, 3.8) is 0 Å². The van der Waals surface area contributed by atoms with Crippen LogP contribution < -0.4 is 11.1 Å². The number of likely N-dealkylation sites (tertiary alicyclic amines) is 1. The van der Waals surface area contributed by atoms with E-state index in [9.17, 15) is 9.59 Å². The minimum Gasteiger partial charge on any atom is -0.369 e. The van der Waals surface area contributed by atoms with E-state index in [1.54, 1.807) is 18.9 Å². The number of likely N-dealkylation sites (N-methyl/N-ethyl adjacent to an activating group) is 1. The molecule has 2 rings (SSSR count). The van der Waals surface area contributed by atoms with Crippen LogP contribution in [-0.2, 0) is 16.1 Å². The minimum atomic E-state index is -0.425. The summed E-state index contributed by atoms with van der Waals surface area (Å²) in [5.41, 5.74) is 6.50. The van der Waals surface area contributed by atoms with Gasteiger partial charge in [0.25, 0.3) is 0 Å². The van der Waals surface area contributed by atoms with Gasteiger partial charge in [-0.1, -0.05) is 30.3 Å². The second-order valence-electron chi connectivity index (χ2n) is 6.60. The van der Waals surface area contributed by atoms with Crippen molar-refractivity contribution in [3.8, 4) is 0 Å². The van der Waals surface area contributed by atoms with E-state index >= 15 is 0 Å². The lowest BCUT2D eigenvalue weighted by molar-refractivity contribution is -0.127. The Bertz CT molecular complexity index is 541. The molecule has 1 aliphatic heterocycles. The molecule has 0 aromatic heterocycles. The molecule has 1 heterocycles. The van der Waals surface area contributed by atoms with Crippen LogP contribution in [0.1, 0.15) is 25.3 Å². The smallest absolute Gasteiger partial charge is 0.237 e. The highest BCUT2D eigenvalue weighted by Crippen LogP contribution is 2.14. The van der Waals surface area contributed by atoms with Gasteiger partial charge in [-0.2, -0.15) is 0 Å². The van der Waals surface area contributed by atoms with Gasteiger partial charge in [-0.25, -0.2) is 0 Å². The number of hydrogen-bond acceptors (Lipinski definition) is 4. The fraction of sp³-hybridized carbons (Fsp3) is 0.556. The van der Waals surface area contributed by atoms with Crippen molar-refractivity contribution in [1.82, 2.24) is 15.1 Å². The third-order valence-corrected chi connectivity index (χ3v) is 4.63. The molecule has 1 aliphatic rings. The van der Waals surface area contributed by atoms with Gasteiger partial charge in [0.2, 0.25) is 11.8 Å². The number of nitrogens with zero attached hydrogens (tertiary/aromatic N) is 2. The molecular formula is C18H28N4O2. The third-order valence-electron chi connectivity index (χ3n) is 4.63. The number of amides is 2. The van der Waals surface area contributed by atoms with Crippen LogP contribution in [0.15, 0.2) is 30.3 Å². The molecule has 6 nitrogen and oxygen atoms in total. The zero-order valence-corrected chi connectivity index (χ0v) is 14.6. The Balaban J connectivity index is 1.74. The Kier molecular flexibility index (Phi) is 6.75. The zero-order valence-electron chi connectivity index (χ0n) is 14.6. The lowest BCUT2D eigenvalue weighted by Gasteiger charge is -2.33. The molecule has 0 spiro atoms. The van der Waals surface area contributed by atoms with E-state index in [4.69, 9.17) is 5.73 Å². The van der Waals surface area contributed by atoms with E-state index < -0.39 is 5.91 Å². The summed E-state index contributed by atoms with van der Waals surface area (Å²) in [6.45, 7) is 4.79. The van der Waals surface area contributed by atoms with Crippen LogP contribution in [0.25, 0.3) is 0 Å². The van der Waals surface area contributed by atoms with Crippen molar-refractivity contribution >= 4 is 11.8 Å². The van der Waals surface area contributed by atoms with Gasteiger partial charge in [0.05, 0.1) is 12.6 Å². The zero-order chi connectivity index (χ0) is 17.5. The Labute approximate surface area is 144 Å². The Morgan fingerprint density at radius 2 is 1.92 bits per heavy atom. The van der Waals surface area contributed by atoms with Crippen LogP contribution in [-0.4, -0.2) is 60.4 Å². The van der Waals surface area contributed by atoms with Crippen molar-refractivity contribution in [2.75, 3.05) is 26.7 Å². The van der Waals surface area contributed by atoms with E-state index in [1.807, 2.05) is 6.07 Å². The topological polar surface area (TPSA) is 78.7 Å². The molecule has 1 fully saturated rings. The van der Waals surface area contributed by atoms with Crippen LogP contribution in [0.5, 0.6) is 0 Å². The first-order valence-electron chi connectivity index (χ1n) is 8.51. The quantitative estimate of drug-likeness (QED) is 0.765. The second-order valence-corrected chi connectivity index (χ2v) is 6.60. The van der Waals surface area contributed by atoms with Gasteiger partial charge in [0.15, 0.2) is 0 Å². The maximum Gasteiger partial charge on any atom is 0.237 e. The Hall–Kier alpha value is -1.92. The lowest BCUT2D eigenvalue weighted by Crippen LogP contribution is -2.51. The summed E-state index contributed by atoms with van der Waals surface area (Å²) >= 11 is 0. The summed E-state index contributed by atoms with van der Waals surface area (Å²) in [6.07, 6.45) is 1.90. The van der Waals surface area contributed by atoms with Gasteiger partial charge < -0.3 is 11.1 Å². The number of benzene rings is 1. The van der Waals surface area contributed by atoms with Crippen molar-refractivity contribution in [1.29, 1.82) is 0 Å². The molecule has 1 atom stereocenters. The Morgan fingerprint density at radius 1 is 1.29 bits per heavy atom. The molecular weight excluding hydrogens is 304 g/mol. The average molecular weight is 332 g/mol. The molecule has 132 valence electrons. The molecule has 0 unspecified atom stereocenters. The predicted octanol–water partition coefficient (Wildman–Crippen LogP) is 0.573. The number of nitrogens with two attached hydrogens (primary N) is 1. The summed E-state index contributed by atoms with van der Waals surface area (Å²) in [5, 5.41) is 3.10. The molecule has 2 amide bonds. The van der Waals surface area contributed by atoms with E-state index in [-0.39, 0.29) is 24.5 Å². The number of hydrogen-bond donors (Lipinski definition) is 2. The fourth-order valence-corrected chi connectivity index (χ4v) is 2.98. The van der Waals surface area contributed by atoms with Crippen LogP contribution in [0.2, 0.25) is 0 Å². The molecule has 1 aromatic rings. The fourth-order valence-electron chi connectivity index (χ4n) is 2.98. The number of carbonyl (C=O) groups is 2. The molecule has 0 aliphatic carbocycles. The first kappa shape index (κ1) is 18.4.